The van der Waals surface area contributed by atoms with Gasteiger partial charge in [0.15, 0.2) is 0 Å². The molecule has 8 heteroatoms. The molecule has 7 nitrogen and oxygen atoms in total. The number of nitrogens with one attached hydrogen (secondary N) is 2. The van der Waals surface area contributed by atoms with Gasteiger partial charge in [0.1, 0.15) is 0 Å². The predicted octanol–water partition coefficient (Wildman–Crippen LogP) is 2.27. The van der Waals surface area contributed by atoms with E-state index in [1.165, 1.54) is 32.3 Å². The van der Waals surface area contributed by atoms with Gasteiger partial charge < -0.3 is 10.3 Å². The van der Waals surface area contributed by atoms with Gasteiger partial charge in [-0.3, -0.25) is 9.59 Å². The van der Waals surface area contributed by atoms with Crippen LogP contribution in [0.2, 0.25) is 0 Å². The Morgan fingerprint density at radius 2 is 1.71 bits per heavy atom. The number of carbonyl (C=O) groups is 1. The maximum Gasteiger partial charge on any atom is 0.252 e. The van der Waals surface area contributed by atoms with Gasteiger partial charge >= 0.3 is 0 Å². The van der Waals surface area contributed by atoms with Crippen molar-refractivity contribution in [3.05, 3.63) is 76.1 Å². The second-order valence-electron chi connectivity index (χ2n) is 6.64. The summed E-state index contributed by atoms with van der Waals surface area (Å²) in [5.41, 5.74) is 1.28. The average molecular weight is 399 g/mol. The lowest BCUT2D eigenvalue weighted by Gasteiger charge is -2.16. The normalized spacial score (nSPS) is 12.9. The number of carbonyl (C=O) groups excluding carboxylic acids is 1. The van der Waals surface area contributed by atoms with E-state index in [-0.39, 0.29) is 28.0 Å². The van der Waals surface area contributed by atoms with E-state index >= 15 is 0 Å². The van der Waals surface area contributed by atoms with Crippen molar-refractivity contribution in [1.82, 2.24) is 14.6 Å². The zero-order chi connectivity index (χ0) is 20.5. The molecular formula is C20H21N3O4S. The summed E-state index contributed by atoms with van der Waals surface area (Å²) < 4.78 is 25.5. The van der Waals surface area contributed by atoms with Gasteiger partial charge in [-0.25, -0.2) is 12.7 Å². The molecule has 1 amide bonds. The first kappa shape index (κ1) is 19.8. The Kier molecular flexibility index (Phi) is 5.35. The van der Waals surface area contributed by atoms with Crippen LogP contribution in [-0.4, -0.2) is 37.7 Å². The predicted molar refractivity (Wildman–Crippen MR) is 108 cm³/mol. The minimum atomic E-state index is -3.51. The van der Waals surface area contributed by atoms with Crippen LogP contribution in [-0.2, 0) is 10.0 Å². The quantitative estimate of drug-likeness (QED) is 0.687. The third-order valence-electron chi connectivity index (χ3n) is 4.50. The molecule has 0 spiro atoms. The van der Waals surface area contributed by atoms with Gasteiger partial charge in [0, 0.05) is 31.1 Å². The Hall–Kier alpha value is -2.97. The average Bonchev–Trinajstić information content (AvgIpc) is 2.67. The maximum absolute atomic E-state index is 12.7. The molecule has 146 valence electrons. The number of aromatic nitrogens is 1. The van der Waals surface area contributed by atoms with Crippen molar-refractivity contribution >= 4 is 26.8 Å². The molecule has 28 heavy (non-hydrogen) atoms. The molecule has 0 aliphatic carbocycles. The smallest absolute Gasteiger partial charge is 0.252 e. The van der Waals surface area contributed by atoms with Crippen LogP contribution in [0.1, 0.15) is 28.9 Å². The molecule has 0 saturated carbocycles. The molecule has 0 radical (unpaired) electrons. The molecular weight excluding hydrogens is 378 g/mol. The van der Waals surface area contributed by atoms with Gasteiger partial charge in [0.05, 0.1) is 16.5 Å². The summed E-state index contributed by atoms with van der Waals surface area (Å²) >= 11 is 0. The molecule has 3 rings (SSSR count). The minimum Gasteiger partial charge on any atom is -0.345 e. The fourth-order valence-electron chi connectivity index (χ4n) is 2.89. The fraction of sp³-hybridized carbons (Fsp3) is 0.200. The lowest BCUT2D eigenvalue weighted by atomic mass is 10.1. The number of pyridine rings is 1. The number of nitrogens with zero attached hydrogens (tertiary/aromatic N) is 1. The molecule has 0 bridgehead atoms. The van der Waals surface area contributed by atoms with E-state index in [4.69, 9.17) is 0 Å². The molecule has 0 unspecified atom stereocenters. The topological polar surface area (TPSA) is 99.3 Å². The van der Waals surface area contributed by atoms with Crippen LogP contribution in [0, 0.1) is 0 Å². The van der Waals surface area contributed by atoms with Crippen molar-refractivity contribution in [2.75, 3.05) is 14.1 Å². The SMILES string of the molecule is C[C@@H](NC(=O)c1cc(=O)[nH]c2ccccc12)c1ccc(S(=O)(=O)N(C)C)cc1. The van der Waals surface area contributed by atoms with Crippen molar-refractivity contribution < 1.29 is 13.2 Å². The standard InChI is InChI=1S/C20H21N3O4S/c1-13(14-8-10-15(11-9-14)28(26,27)23(2)3)21-20(25)17-12-19(24)22-18-7-5-4-6-16(17)18/h4-13H,1-3H3,(H,21,25)(H,22,24)/t13-/m1/s1. The van der Waals surface area contributed by atoms with E-state index in [1.807, 2.05) is 0 Å². The first-order chi connectivity index (χ1) is 13.2. The molecule has 2 aromatic carbocycles. The molecule has 1 aromatic heterocycles. The Balaban J connectivity index is 1.85. The summed E-state index contributed by atoms with van der Waals surface area (Å²) in [7, 11) is -0.566. The summed E-state index contributed by atoms with van der Waals surface area (Å²) in [4.78, 5) is 27.5. The largest absolute Gasteiger partial charge is 0.345 e. The highest BCUT2D eigenvalue weighted by Crippen LogP contribution is 2.20. The van der Waals surface area contributed by atoms with E-state index < -0.39 is 10.0 Å². The van der Waals surface area contributed by atoms with Crippen LogP contribution >= 0.6 is 0 Å². The van der Waals surface area contributed by atoms with E-state index in [2.05, 4.69) is 10.3 Å². The van der Waals surface area contributed by atoms with Crippen molar-refractivity contribution in [1.29, 1.82) is 0 Å². The third-order valence-corrected chi connectivity index (χ3v) is 6.33. The van der Waals surface area contributed by atoms with Gasteiger partial charge in [0.25, 0.3) is 5.91 Å². The number of amides is 1. The Bertz CT molecular complexity index is 1180. The number of H-pyrrole nitrogens is 1. The molecule has 0 fully saturated rings. The molecule has 3 aromatic rings. The molecule has 0 aliphatic heterocycles. The number of aromatic amines is 1. The number of sulfonamides is 1. The van der Waals surface area contributed by atoms with E-state index in [9.17, 15) is 18.0 Å². The van der Waals surface area contributed by atoms with Crippen molar-refractivity contribution in [3.8, 4) is 0 Å². The highest BCUT2D eigenvalue weighted by Gasteiger charge is 2.19. The molecule has 1 heterocycles. The highest BCUT2D eigenvalue weighted by atomic mass is 32.2. The third kappa shape index (κ3) is 3.83. The van der Waals surface area contributed by atoms with Gasteiger partial charge in [-0.1, -0.05) is 30.3 Å². The second kappa shape index (κ2) is 7.57. The summed E-state index contributed by atoms with van der Waals surface area (Å²) in [5.74, 6) is -0.375. The van der Waals surface area contributed by atoms with Crippen LogP contribution in [0.4, 0.5) is 0 Å². The van der Waals surface area contributed by atoms with Gasteiger partial charge in [-0.15, -0.1) is 0 Å². The molecule has 1 atom stereocenters. The number of rotatable bonds is 5. The maximum atomic E-state index is 12.7. The summed E-state index contributed by atoms with van der Waals surface area (Å²) in [6, 6.07) is 14.3. The molecule has 0 saturated heterocycles. The monoisotopic (exact) mass is 399 g/mol. The van der Waals surface area contributed by atoms with Gasteiger partial charge in [-0.2, -0.15) is 0 Å². The first-order valence-electron chi connectivity index (χ1n) is 8.65. The number of hydrogen-bond acceptors (Lipinski definition) is 4. The van der Waals surface area contributed by atoms with Crippen LogP contribution in [0.15, 0.2) is 64.3 Å². The van der Waals surface area contributed by atoms with Crippen molar-refractivity contribution in [3.63, 3.8) is 0 Å². The number of para-hydroxylation sites is 1. The Morgan fingerprint density at radius 3 is 2.36 bits per heavy atom. The minimum absolute atomic E-state index is 0.181. The van der Waals surface area contributed by atoms with Crippen LogP contribution in [0.3, 0.4) is 0 Å². The van der Waals surface area contributed by atoms with E-state index in [1.54, 1.807) is 43.3 Å². The van der Waals surface area contributed by atoms with Gasteiger partial charge in [0.2, 0.25) is 15.6 Å². The van der Waals surface area contributed by atoms with E-state index in [0.29, 0.717) is 10.9 Å². The van der Waals surface area contributed by atoms with E-state index in [0.717, 1.165) is 9.87 Å². The Morgan fingerprint density at radius 1 is 1.07 bits per heavy atom. The number of benzene rings is 2. The number of hydrogen-bond donors (Lipinski definition) is 2. The second-order valence-corrected chi connectivity index (χ2v) is 8.80. The Labute approximate surface area is 163 Å². The summed E-state index contributed by atoms with van der Waals surface area (Å²) in [6.07, 6.45) is 0. The van der Waals surface area contributed by atoms with Crippen molar-refractivity contribution in [2.45, 2.75) is 17.9 Å². The fourth-order valence-corrected chi connectivity index (χ4v) is 3.79. The zero-order valence-corrected chi connectivity index (χ0v) is 16.6. The summed E-state index contributed by atoms with van der Waals surface area (Å²) in [6.45, 7) is 1.79. The van der Waals surface area contributed by atoms with Gasteiger partial charge in [-0.05, 0) is 30.7 Å². The lowest BCUT2D eigenvalue weighted by molar-refractivity contribution is 0.0941. The first-order valence-corrected chi connectivity index (χ1v) is 10.1. The lowest BCUT2D eigenvalue weighted by Crippen LogP contribution is -2.28. The zero-order valence-electron chi connectivity index (χ0n) is 15.8. The highest BCUT2D eigenvalue weighted by molar-refractivity contribution is 7.89. The van der Waals surface area contributed by atoms with Crippen LogP contribution in [0.25, 0.3) is 10.9 Å². The molecule has 2 N–H and O–H groups in total. The number of fused-ring (bicyclic) bond motifs is 1. The molecule has 0 aliphatic rings. The van der Waals surface area contributed by atoms with Crippen LogP contribution in [0.5, 0.6) is 0 Å². The van der Waals surface area contributed by atoms with Crippen molar-refractivity contribution in [2.24, 2.45) is 0 Å². The summed E-state index contributed by atoms with van der Waals surface area (Å²) in [5, 5.41) is 3.51. The van der Waals surface area contributed by atoms with Crippen LogP contribution < -0.4 is 10.9 Å².